The number of hydrogen-bond acceptors (Lipinski definition) is 0. The average Bonchev–Trinajstić information content (AvgIpc) is 0. The molecule has 5 heteroatoms. The molecule has 0 unspecified atom stereocenters. The van der Waals surface area contributed by atoms with Crippen molar-refractivity contribution in [2.75, 3.05) is 0 Å². The minimum absolute atomic E-state index is 0. The molecule has 30 valence electrons. The summed E-state index contributed by atoms with van der Waals surface area (Å²) in [6, 6.07) is 0. The van der Waals surface area contributed by atoms with E-state index in [-0.39, 0.29) is 56.1 Å². The summed E-state index contributed by atoms with van der Waals surface area (Å²) >= 11 is 0. The van der Waals surface area contributed by atoms with Gasteiger partial charge in [-0.05, 0) is 0 Å². The van der Waals surface area contributed by atoms with E-state index >= 15 is 0 Å². The van der Waals surface area contributed by atoms with Crippen molar-refractivity contribution < 1.29 is 16.5 Å². The van der Waals surface area contributed by atoms with Gasteiger partial charge in [-0.1, -0.05) is 0 Å². The fourth-order valence-electron chi connectivity index (χ4n) is 0. The fourth-order valence-corrected chi connectivity index (χ4v) is 0. The van der Waals surface area contributed by atoms with Crippen molar-refractivity contribution in [3.05, 3.63) is 0 Å². The third kappa shape index (κ3) is 22.5. The first-order chi connectivity index (χ1) is 0. The molecule has 5 heavy (non-hydrogen) atoms. The van der Waals surface area contributed by atoms with Gasteiger partial charge in [0, 0.05) is 56.1 Å². The second-order valence-electron chi connectivity index (χ2n) is 0. The molecule has 0 bridgehead atoms. The molecule has 0 aliphatic heterocycles. The van der Waals surface area contributed by atoms with Crippen molar-refractivity contribution in [2.24, 2.45) is 0 Å². The quantitative estimate of drug-likeness (QED) is 0.398. The Kier molecular flexibility index (Phi) is 392. The zero-order chi connectivity index (χ0) is 0. The fraction of sp³-hybridized carbons (Fsp3) is 0. The van der Waals surface area contributed by atoms with E-state index in [2.05, 4.69) is 0 Å². The molecular weight excluding hydrogens is 183 g/mol. The molecule has 0 aromatic rings. The van der Waals surface area contributed by atoms with Crippen LogP contribution in [0.3, 0.4) is 0 Å². The summed E-state index contributed by atoms with van der Waals surface area (Å²) < 4.78 is 0. The maximum atomic E-state index is 0. The van der Waals surface area contributed by atoms with Crippen LogP contribution in [0.1, 0.15) is 0 Å². The molecule has 0 spiro atoms. The van der Waals surface area contributed by atoms with Gasteiger partial charge in [0.25, 0.3) is 0 Å². The van der Waals surface area contributed by atoms with Crippen LogP contribution in [0.15, 0.2) is 0 Å². The average molecular weight is 183 g/mol. The second-order valence-corrected chi connectivity index (χ2v) is 0. The first-order valence-electron chi connectivity index (χ1n) is 0. The summed E-state index contributed by atoms with van der Waals surface area (Å²) in [5.41, 5.74) is 0. The molecule has 12 radical (unpaired) electrons. The molecule has 0 saturated heterocycles. The molecule has 0 atom stereocenters. The molecule has 0 N–H and O–H groups in total. The van der Waals surface area contributed by atoms with Crippen LogP contribution in [-0.2, 0) is 16.5 Å². The van der Waals surface area contributed by atoms with E-state index in [1.165, 1.54) is 0 Å². The van der Waals surface area contributed by atoms with E-state index in [0.717, 1.165) is 0 Å². The molecule has 0 nitrogen and oxygen atoms in total. The maximum Gasteiger partial charge on any atom is 0 e. The summed E-state index contributed by atoms with van der Waals surface area (Å²) in [7, 11) is 0. The van der Waals surface area contributed by atoms with Gasteiger partial charge < -0.3 is 0 Å². The van der Waals surface area contributed by atoms with Crippen LogP contribution in [0.5, 0.6) is 0 Å². The molecule has 0 amide bonds. The molecule has 0 heterocycles. The Labute approximate surface area is 56.4 Å². The van der Waals surface area contributed by atoms with Crippen molar-refractivity contribution in [3.8, 4) is 0 Å². The van der Waals surface area contributed by atoms with Gasteiger partial charge in [-0.2, -0.15) is 0 Å². The normalized spacial score (nSPS) is 0. The molecule has 0 aliphatic carbocycles. The Morgan fingerprint density at radius 2 is 0.400 bits per heavy atom. The molecule has 0 saturated carbocycles. The van der Waals surface area contributed by atoms with Crippen LogP contribution in [0.2, 0.25) is 0 Å². The van der Waals surface area contributed by atoms with Gasteiger partial charge >= 0.3 is 0 Å². The van der Waals surface area contributed by atoms with Crippen LogP contribution < -0.4 is 0 Å². The van der Waals surface area contributed by atoms with E-state index in [1.54, 1.807) is 0 Å². The molecule has 0 rings (SSSR count). The molecule has 0 fully saturated rings. The standard InChI is InChI=1S/Ni.4P. The first-order valence-corrected chi connectivity index (χ1v) is 0. The van der Waals surface area contributed by atoms with E-state index < -0.39 is 0 Å². The van der Waals surface area contributed by atoms with Crippen molar-refractivity contribution in [3.63, 3.8) is 0 Å². The number of hydrogen-bond donors (Lipinski definition) is 0. The van der Waals surface area contributed by atoms with Crippen LogP contribution in [0, 0.1) is 0 Å². The second kappa shape index (κ2) is 34.5. The summed E-state index contributed by atoms with van der Waals surface area (Å²) in [6.45, 7) is 0. The van der Waals surface area contributed by atoms with Crippen LogP contribution in [0.25, 0.3) is 0 Å². The van der Waals surface area contributed by atoms with Crippen molar-refractivity contribution in [2.45, 2.75) is 0 Å². The third-order valence-corrected chi connectivity index (χ3v) is 0. The van der Waals surface area contributed by atoms with Crippen LogP contribution in [0.4, 0.5) is 0 Å². The minimum Gasteiger partial charge on any atom is 0 e. The Morgan fingerprint density at radius 1 is 0.400 bits per heavy atom. The van der Waals surface area contributed by atoms with E-state index in [9.17, 15) is 0 Å². The summed E-state index contributed by atoms with van der Waals surface area (Å²) in [5.74, 6) is 0. The smallest absolute Gasteiger partial charge is 0 e. The van der Waals surface area contributed by atoms with Gasteiger partial charge in [-0.3, -0.25) is 0 Å². The Bertz CT molecular complexity index is 3.61. The van der Waals surface area contributed by atoms with E-state index in [1.807, 2.05) is 0 Å². The van der Waals surface area contributed by atoms with Gasteiger partial charge in [0.1, 0.15) is 0 Å². The predicted molar refractivity (Wildman–Crippen MR) is 27.7 cm³/mol. The van der Waals surface area contributed by atoms with Crippen LogP contribution >= 0.6 is 39.6 Å². The summed E-state index contributed by atoms with van der Waals surface area (Å²) in [5, 5.41) is 0. The predicted octanol–water partition coefficient (Wildman–Crippen LogP) is 3.44. The van der Waals surface area contributed by atoms with Gasteiger partial charge in [0.2, 0.25) is 0 Å². The van der Waals surface area contributed by atoms with Gasteiger partial charge in [-0.15, -0.1) is 0 Å². The topological polar surface area (TPSA) is 0 Å². The third-order valence-electron chi connectivity index (χ3n) is 0. The number of rotatable bonds is 0. The molecule has 0 aromatic carbocycles. The van der Waals surface area contributed by atoms with Crippen molar-refractivity contribution >= 4 is 39.6 Å². The molecule has 0 aliphatic rings. The van der Waals surface area contributed by atoms with Crippen molar-refractivity contribution in [1.29, 1.82) is 0 Å². The Balaban J connectivity index is 0. The van der Waals surface area contributed by atoms with Gasteiger partial charge in [-0.25, -0.2) is 0 Å². The SMILES string of the molecule is [Ni].[P].[P].[P].[P]. The monoisotopic (exact) mass is 182 g/mol. The zero-order valence-corrected chi connectivity index (χ0v) is 6.67. The Hall–Kier alpha value is 2.21. The van der Waals surface area contributed by atoms with E-state index in [4.69, 9.17) is 0 Å². The molecule has 0 aromatic heterocycles. The minimum atomic E-state index is 0. The van der Waals surface area contributed by atoms with Gasteiger partial charge in [0.15, 0.2) is 0 Å². The van der Waals surface area contributed by atoms with Crippen molar-refractivity contribution in [1.82, 2.24) is 0 Å². The maximum absolute atomic E-state index is 0. The van der Waals surface area contributed by atoms with Crippen LogP contribution in [-0.4, -0.2) is 0 Å². The first kappa shape index (κ1) is 56.8. The summed E-state index contributed by atoms with van der Waals surface area (Å²) in [6.07, 6.45) is 0. The zero-order valence-electron chi connectivity index (χ0n) is 2.11. The summed E-state index contributed by atoms with van der Waals surface area (Å²) in [4.78, 5) is 0. The largest absolute Gasteiger partial charge is 0 e. The van der Waals surface area contributed by atoms with E-state index in [0.29, 0.717) is 0 Å². The molecular formula is NiP4. The van der Waals surface area contributed by atoms with Gasteiger partial charge in [0.05, 0.1) is 0 Å². The Morgan fingerprint density at radius 3 is 0.400 bits per heavy atom.